The summed E-state index contributed by atoms with van der Waals surface area (Å²) < 4.78 is 15.3. The Morgan fingerprint density at radius 1 is 1.22 bits per heavy atom. The van der Waals surface area contributed by atoms with E-state index in [0.29, 0.717) is 6.54 Å². The average molecular weight is 246 g/mol. The fourth-order valence-corrected chi connectivity index (χ4v) is 1.99. The number of rotatable bonds is 6. The zero-order valence-electron chi connectivity index (χ0n) is 10.7. The maximum absolute atomic E-state index is 13.1. The normalized spacial score (nSPS) is 10.8. The number of hydrogen-bond acceptors (Lipinski definition) is 1. The van der Waals surface area contributed by atoms with Crippen molar-refractivity contribution in [2.75, 3.05) is 6.54 Å². The van der Waals surface area contributed by atoms with Crippen molar-refractivity contribution in [3.8, 4) is 0 Å². The maximum atomic E-state index is 13.1. The highest BCUT2D eigenvalue weighted by Gasteiger charge is 2.02. The summed E-state index contributed by atoms with van der Waals surface area (Å²) in [6.45, 7) is 4.74. The van der Waals surface area contributed by atoms with Crippen LogP contribution in [0.15, 0.2) is 42.6 Å². The average Bonchev–Trinajstić information content (AvgIpc) is 2.77. The highest BCUT2D eigenvalue weighted by Crippen LogP contribution is 2.09. The molecule has 3 heteroatoms. The molecule has 0 spiro atoms. The SMILES string of the molecule is CCCNCc1cccn1Cc1cccc(F)c1. The first-order chi connectivity index (χ1) is 8.79. The van der Waals surface area contributed by atoms with Gasteiger partial charge in [-0.15, -0.1) is 0 Å². The van der Waals surface area contributed by atoms with Crippen molar-refractivity contribution < 1.29 is 4.39 Å². The van der Waals surface area contributed by atoms with Crippen LogP contribution in [0.2, 0.25) is 0 Å². The molecule has 0 unspecified atom stereocenters. The Morgan fingerprint density at radius 2 is 2.11 bits per heavy atom. The van der Waals surface area contributed by atoms with E-state index in [1.165, 1.54) is 11.8 Å². The van der Waals surface area contributed by atoms with E-state index in [1.807, 2.05) is 18.3 Å². The minimum atomic E-state index is -0.176. The van der Waals surface area contributed by atoms with E-state index < -0.39 is 0 Å². The topological polar surface area (TPSA) is 17.0 Å². The number of aromatic nitrogens is 1. The van der Waals surface area contributed by atoms with E-state index >= 15 is 0 Å². The maximum Gasteiger partial charge on any atom is 0.123 e. The third-order valence-electron chi connectivity index (χ3n) is 2.90. The molecule has 0 saturated heterocycles. The van der Waals surface area contributed by atoms with Gasteiger partial charge in [0, 0.05) is 25.0 Å². The lowest BCUT2D eigenvalue weighted by Crippen LogP contribution is -2.17. The first kappa shape index (κ1) is 12.8. The van der Waals surface area contributed by atoms with Crippen LogP contribution < -0.4 is 5.32 Å². The number of nitrogens with zero attached hydrogens (tertiary/aromatic N) is 1. The monoisotopic (exact) mass is 246 g/mol. The molecule has 0 bridgehead atoms. The molecule has 0 saturated carbocycles. The van der Waals surface area contributed by atoms with Gasteiger partial charge in [-0.3, -0.25) is 0 Å². The summed E-state index contributed by atoms with van der Waals surface area (Å²) in [5.74, 6) is -0.176. The molecule has 18 heavy (non-hydrogen) atoms. The third-order valence-corrected chi connectivity index (χ3v) is 2.90. The minimum Gasteiger partial charge on any atom is -0.346 e. The molecule has 0 amide bonds. The molecule has 0 aliphatic carbocycles. The lowest BCUT2D eigenvalue weighted by Gasteiger charge is -2.10. The van der Waals surface area contributed by atoms with Gasteiger partial charge in [-0.1, -0.05) is 19.1 Å². The smallest absolute Gasteiger partial charge is 0.123 e. The summed E-state index contributed by atoms with van der Waals surface area (Å²) in [4.78, 5) is 0. The van der Waals surface area contributed by atoms with Crippen molar-refractivity contribution in [2.24, 2.45) is 0 Å². The van der Waals surface area contributed by atoms with Gasteiger partial charge in [0.25, 0.3) is 0 Å². The molecule has 0 fully saturated rings. The molecular formula is C15H19FN2. The Bertz CT molecular complexity index is 491. The molecule has 0 aliphatic rings. The lowest BCUT2D eigenvalue weighted by atomic mass is 10.2. The first-order valence-corrected chi connectivity index (χ1v) is 6.39. The second kappa shape index (κ2) is 6.36. The van der Waals surface area contributed by atoms with Crippen LogP contribution in [0, 0.1) is 5.82 Å². The quantitative estimate of drug-likeness (QED) is 0.775. The summed E-state index contributed by atoms with van der Waals surface area (Å²) in [5, 5.41) is 3.38. The van der Waals surface area contributed by atoms with E-state index in [1.54, 1.807) is 12.1 Å². The molecule has 1 aromatic heterocycles. The Hall–Kier alpha value is -1.61. The van der Waals surface area contributed by atoms with Crippen LogP contribution in [0.1, 0.15) is 24.6 Å². The fraction of sp³-hybridized carbons (Fsp3) is 0.333. The van der Waals surface area contributed by atoms with E-state index in [0.717, 1.165) is 25.1 Å². The predicted octanol–water partition coefficient (Wildman–Crippen LogP) is 3.18. The summed E-state index contributed by atoms with van der Waals surface area (Å²) >= 11 is 0. The molecule has 1 heterocycles. The molecule has 1 N–H and O–H groups in total. The van der Waals surface area contributed by atoms with Gasteiger partial charge in [-0.05, 0) is 42.8 Å². The number of hydrogen-bond donors (Lipinski definition) is 1. The second-order valence-electron chi connectivity index (χ2n) is 4.43. The van der Waals surface area contributed by atoms with Gasteiger partial charge in [0.1, 0.15) is 5.82 Å². The van der Waals surface area contributed by atoms with Crippen molar-refractivity contribution >= 4 is 0 Å². The Kier molecular flexibility index (Phi) is 4.53. The summed E-state index contributed by atoms with van der Waals surface area (Å²) in [7, 11) is 0. The molecule has 2 nitrogen and oxygen atoms in total. The highest BCUT2D eigenvalue weighted by atomic mass is 19.1. The molecule has 2 rings (SSSR count). The molecule has 96 valence electrons. The van der Waals surface area contributed by atoms with Gasteiger partial charge in [-0.25, -0.2) is 4.39 Å². The molecule has 0 radical (unpaired) electrons. The Labute approximate surface area is 107 Å². The summed E-state index contributed by atoms with van der Waals surface area (Å²) in [6.07, 6.45) is 3.17. The van der Waals surface area contributed by atoms with Crippen molar-refractivity contribution in [1.29, 1.82) is 0 Å². The standard InChI is InChI=1S/C15H19FN2/c1-2-8-17-11-15-7-4-9-18(15)12-13-5-3-6-14(16)10-13/h3-7,9-10,17H,2,8,11-12H2,1H3. The van der Waals surface area contributed by atoms with E-state index in [9.17, 15) is 4.39 Å². The molecule has 1 aromatic carbocycles. The zero-order chi connectivity index (χ0) is 12.8. The van der Waals surface area contributed by atoms with E-state index in [-0.39, 0.29) is 5.82 Å². The van der Waals surface area contributed by atoms with Gasteiger partial charge in [-0.2, -0.15) is 0 Å². The predicted molar refractivity (Wildman–Crippen MR) is 71.9 cm³/mol. The van der Waals surface area contributed by atoms with Crippen molar-refractivity contribution in [2.45, 2.75) is 26.4 Å². The number of halogens is 1. The third kappa shape index (κ3) is 3.44. The van der Waals surface area contributed by atoms with E-state index in [2.05, 4.69) is 22.9 Å². The van der Waals surface area contributed by atoms with Gasteiger partial charge >= 0.3 is 0 Å². The Balaban J connectivity index is 2.03. The van der Waals surface area contributed by atoms with Crippen LogP contribution in [0.4, 0.5) is 4.39 Å². The van der Waals surface area contributed by atoms with Gasteiger partial charge in [0.15, 0.2) is 0 Å². The molecular weight excluding hydrogens is 227 g/mol. The number of benzene rings is 1. The zero-order valence-corrected chi connectivity index (χ0v) is 10.7. The molecule has 2 aromatic rings. The van der Waals surface area contributed by atoms with Crippen LogP contribution >= 0.6 is 0 Å². The molecule has 0 atom stereocenters. The minimum absolute atomic E-state index is 0.176. The van der Waals surface area contributed by atoms with Crippen LogP contribution in [0.3, 0.4) is 0 Å². The van der Waals surface area contributed by atoms with Crippen molar-refractivity contribution in [3.05, 3.63) is 59.7 Å². The lowest BCUT2D eigenvalue weighted by molar-refractivity contribution is 0.615. The van der Waals surface area contributed by atoms with Gasteiger partial charge in [0.2, 0.25) is 0 Å². The van der Waals surface area contributed by atoms with Crippen molar-refractivity contribution in [3.63, 3.8) is 0 Å². The summed E-state index contributed by atoms with van der Waals surface area (Å²) in [5.41, 5.74) is 2.22. The van der Waals surface area contributed by atoms with Crippen LogP contribution in [0.25, 0.3) is 0 Å². The number of nitrogens with one attached hydrogen (secondary N) is 1. The van der Waals surface area contributed by atoms with Crippen LogP contribution in [-0.4, -0.2) is 11.1 Å². The molecule has 0 aliphatic heterocycles. The largest absolute Gasteiger partial charge is 0.346 e. The van der Waals surface area contributed by atoms with Crippen LogP contribution in [-0.2, 0) is 13.1 Å². The second-order valence-corrected chi connectivity index (χ2v) is 4.43. The fourth-order valence-electron chi connectivity index (χ4n) is 1.99. The van der Waals surface area contributed by atoms with Crippen LogP contribution in [0.5, 0.6) is 0 Å². The Morgan fingerprint density at radius 3 is 2.89 bits per heavy atom. The van der Waals surface area contributed by atoms with Gasteiger partial charge < -0.3 is 9.88 Å². The van der Waals surface area contributed by atoms with Crippen molar-refractivity contribution in [1.82, 2.24) is 9.88 Å². The first-order valence-electron chi connectivity index (χ1n) is 6.39. The summed E-state index contributed by atoms with van der Waals surface area (Å²) in [6, 6.07) is 10.9. The highest BCUT2D eigenvalue weighted by molar-refractivity contribution is 5.18. The van der Waals surface area contributed by atoms with E-state index in [4.69, 9.17) is 0 Å². The van der Waals surface area contributed by atoms with Gasteiger partial charge in [0.05, 0.1) is 0 Å².